The van der Waals surface area contributed by atoms with E-state index in [1.807, 2.05) is 18.2 Å². The Morgan fingerprint density at radius 2 is 1.83 bits per heavy atom. The molecule has 1 aliphatic carbocycles. The van der Waals surface area contributed by atoms with Crippen LogP contribution in [0.3, 0.4) is 0 Å². The molecule has 2 fully saturated rings. The van der Waals surface area contributed by atoms with Crippen molar-refractivity contribution < 1.29 is 13.2 Å². The van der Waals surface area contributed by atoms with Crippen molar-refractivity contribution in [3.8, 4) is 0 Å². The SMILES string of the molecule is O=C(N[C@@H]1CCC[C@H]1Cc1ccccc1)N1CCS(=O)(=O)CC1. The summed E-state index contributed by atoms with van der Waals surface area (Å²) in [7, 11) is -2.95. The molecular formula is C17H24N2O3S. The van der Waals surface area contributed by atoms with E-state index in [2.05, 4.69) is 17.4 Å². The number of nitrogens with one attached hydrogen (secondary N) is 1. The number of hydrogen-bond donors (Lipinski definition) is 1. The van der Waals surface area contributed by atoms with Gasteiger partial charge in [0.05, 0.1) is 11.5 Å². The van der Waals surface area contributed by atoms with Crippen molar-refractivity contribution >= 4 is 15.9 Å². The summed E-state index contributed by atoms with van der Waals surface area (Å²) in [6.45, 7) is 0.620. The number of hydrogen-bond acceptors (Lipinski definition) is 3. The maximum atomic E-state index is 12.4. The molecule has 1 aromatic carbocycles. The van der Waals surface area contributed by atoms with Crippen molar-refractivity contribution in [2.75, 3.05) is 24.6 Å². The Morgan fingerprint density at radius 1 is 1.13 bits per heavy atom. The molecule has 1 aromatic rings. The lowest BCUT2D eigenvalue weighted by atomic mass is 9.95. The van der Waals surface area contributed by atoms with Gasteiger partial charge >= 0.3 is 6.03 Å². The molecule has 23 heavy (non-hydrogen) atoms. The number of rotatable bonds is 3. The zero-order valence-electron chi connectivity index (χ0n) is 13.3. The summed E-state index contributed by atoms with van der Waals surface area (Å²) >= 11 is 0. The van der Waals surface area contributed by atoms with E-state index in [0.717, 1.165) is 25.7 Å². The lowest BCUT2D eigenvalue weighted by molar-refractivity contribution is 0.194. The number of amides is 2. The van der Waals surface area contributed by atoms with Gasteiger partial charge in [0.2, 0.25) is 0 Å². The number of nitrogens with zero attached hydrogens (tertiary/aromatic N) is 1. The number of carbonyl (C=O) groups is 1. The molecule has 1 saturated heterocycles. The topological polar surface area (TPSA) is 66.5 Å². The van der Waals surface area contributed by atoms with Crippen LogP contribution in [0.25, 0.3) is 0 Å². The molecule has 1 N–H and O–H groups in total. The fourth-order valence-electron chi connectivity index (χ4n) is 3.55. The first kappa shape index (κ1) is 16.3. The highest BCUT2D eigenvalue weighted by Crippen LogP contribution is 2.29. The van der Waals surface area contributed by atoms with Crippen LogP contribution in [-0.2, 0) is 16.3 Å². The van der Waals surface area contributed by atoms with Crippen molar-refractivity contribution in [3.05, 3.63) is 35.9 Å². The Hall–Kier alpha value is -1.56. The second-order valence-electron chi connectivity index (χ2n) is 6.58. The zero-order valence-corrected chi connectivity index (χ0v) is 14.1. The van der Waals surface area contributed by atoms with Crippen LogP contribution in [0.5, 0.6) is 0 Å². The summed E-state index contributed by atoms with van der Waals surface area (Å²) in [4.78, 5) is 14.0. The second kappa shape index (κ2) is 6.91. The molecule has 126 valence electrons. The molecule has 1 heterocycles. The summed E-state index contributed by atoms with van der Waals surface area (Å²) in [5, 5.41) is 3.14. The average molecular weight is 336 g/mol. The Morgan fingerprint density at radius 3 is 2.52 bits per heavy atom. The average Bonchev–Trinajstić information content (AvgIpc) is 2.95. The molecule has 3 rings (SSSR count). The Labute approximate surface area is 138 Å². The molecule has 0 radical (unpaired) electrons. The molecule has 2 aliphatic rings. The minimum absolute atomic E-state index is 0.0819. The molecular weight excluding hydrogens is 312 g/mol. The summed E-state index contributed by atoms with van der Waals surface area (Å²) < 4.78 is 22.9. The van der Waals surface area contributed by atoms with Crippen molar-refractivity contribution in [2.45, 2.75) is 31.7 Å². The molecule has 1 saturated carbocycles. The minimum Gasteiger partial charge on any atom is -0.335 e. The van der Waals surface area contributed by atoms with E-state index in [1.54, 1.807) is 4.90 Å². The molecule has 0 spiro atoms. The molecule has 1 aliphatic heterocycles. The van der Waals surface area contributed by atoms with Crippen LogP contribution in [-0.4, -0.2) is 50.0 Å². The van der Waals surface area contributed by atoms with Gasteiger partial charge < -0.3 is 10.2 Å². The smallest absolute Gasteiger partial charge is 0.317 e. The predicted octanol–water partition coefficient (Wildman–Crippen LogP) is 1.84. The summed E-state index contributed by atoms with van der Waals surface area (Å²) in [6, 6.07) is 10.5. The van der Waals surface area contributed by atoms with Crippen LogP contribution in [0, 0.1) is 5.92 Å². The molecule has 5 nitrogen and oxygen atoms in total. The van der Waals surface area contributed by atoms with E-state index in [1.165, 1.54) is 5.56 Å². The Kier molecular flexibility index (Phi) is 4.90. The summed E-state index contributed by atoms with van der Waals surface area (Å²) in [6.07, 6.45) is 4.26. The van der Waals surface area contributed by atoms with E-state index in [0.29, 0.717) is 19.0 Å². The third-order valence-corrected chi connectivity index (χ3v) is 6.55. The molecule has 0 aromatic heterocycles. The lowest BCUT2D eigenvalue weighted by Crippen LogP contribution is -2.51. The number of carbonyl (C=O) groups excluding carboxylic acids is 1. The maximum Gasteiger partial charge on any atom is 0.317 e. The third kappa shape index (κ3) is 4.25. The van der Waals surface area contributed by atoms with Crippen LogP contribution in [0.4, 0.5) is 4.79 Å². The van der Waals surface area contributed by atoms with Crippen LogP contribution in [0.15, 0.2) is 30.3 Å². The van der Waals surface area contributed by atoms with Crippen LogP contribution in [0.2, 0.25) is 0 Å². The van der Waals surface area contributed by atoms with Gasteiger partial charge in [-0.3, -0.25) is 0 Å². The predicted molar refractivity (Wildman–Crippen MR) is 90.0 cm³/mol. The largest absolute Gasteiger partial charge is 0.335 e. The van der Waals surface area contributed by atoms with Crippen LogP contribution < -0.4 is 5.32 Å². The monoisotopic (exact) mass is 336 g/mol. The molecule has 0 bridgehead atoms. The van der Waals surface area contributed by atoms with Crippen LogP contribution in [0.1, 0.15) is 24.8 Å². The van der Waals surface area contributed by atoms with Crippen molar-refractivity contribution in [1.29, 1.82) is 0 Å². The van der Waals surface area contributed by atoms with Gasteiger partial charge in [0, 0.05) is 19.1 Å². The zero-order chi connectivity index (χ0) is 16.3. The fourth-order valence-corrected chi connectivity index (χ4v) is 4.75. The molecule has 2 amide bonds. The lowest BCUT2D eigenvalue weighted by Gasteiger charge is -2.30. The fraction of sp³-hybridized carbons (Fsp3) is 0.588. The first-order valence-electron chi connectivity index (χ1n) is 8.33. The van der Waals surface area contributed by atoms with Gasteiger partial charge in [-0.15, -0.1) is 0 Å². The van der Waals surface area contributed by atoms with Gasteiger partial charge in [0.25, 0.3) is 0 Å². The van der Waals surface area contributed by atoms with Gasteiger partial charge in [-0.25, -0.2) is 13.2 Å². The standard InChI is InChI=1S/C17H24N2O3S/c20-17(19-9-11-23(21,22)12-10-19)18-16-8-4-7-15(16)13-14-5-2-1-3-6-14/h1-3,5-6,15-16H,4,7-13H2,(H,18,20)/t15-,16+/m0/s1. The van der Waals surface area contributed by atoms with Crippen molar-refractivity contribution in [1.82, 2.24) is 10.2 Å². The number of sulfone groups is 1. The molecule has 0 unspecified atom stereocenters. The van der Waals surface area contributed by atoms with E-state index in [9.17, 15) is 13.2 Å². The first-order valence-corrected chi connectivity index (χ1v) is 10.2. The Balaban J connectivity index is 1.55. The maximum absolute atomic E-state index is 12.4. The Bertz CT molecular complexity index is 631. The van der Waals surface area contributed by atoms with E-state index >= 15 is 0 Å². The number of urea groups is 1. The van der Waals surface area contributed by atoms with Gasteiger partial charge in [0.1, 0.15) is 0 Å². The van der Waals surface area contributed by atoms with Gasteiger partial charge in [-0.05, 0) is 30.7 Å². The van der Waals surface area contributed by atoms with E-state index < -0.39 is 9.84 Å². The quantitative estimate of drug-likeness (QED) is 0.916. The van der Waals surface area contributed by atoms with E-state index in [4.69, 9.17) is 0 Å². The highest BCUT2D eigenvalue weighted by Gasteiger charge is 2.31. The van der Waals surface area contributed by atoms with Gasteiger partial charge in [-0.2, -0.15) is 0 Å². The highest BCUT2D eigenvalue weighted by atomic mass is 32.2. The van der Waals surface area contributed by atoms with E-state index in [-0.39, 0.29) is 23.6 Å². The number of benzene rings is 1. The van der Waals surface area contributed by atoms with Gasteiger partial charge in [0.15, 0.2) is 9.84 Å². The van der Waals surface area contributed by atoms with Gasteiger partial charge in [-0.1, -0.05) is 36.8 Å². The third-order valence-electron chi connectivity index (χ3n) is 4.94. The van der Waals surface area contributed by atoms with Crippen molar-refractivity contribution in [3.63, 3.8) is 0 Å². The minimum atomic E-state index is -2.95. The summed E-state index contributed by atoms with van der Waals surface area (Å²) in [5.41, 5.74) is 1.31. The molecule has 2 atom stereocenters. The second-order valence-corrected chi connectivity index (χ2v) is 8.88. The molecule has 6 heteroatoms. The first-order chi connectivity index (χ1) is 11.0. The normalized spacial score (nSPS) is 26.9. The van der Waals surface area contributed by atoms with Crippen LogP contribution >= 0.6 is 0 Å². The van der Waals surface area contributed by atoms with Crippen molar-refractivity contribution in [2.24, 2.45) is 5.92 Å². The summed E-state index contributed by atoms with van der Waals surface area (Å²) in [5.74, 6) is 0.631. The highest BCUT2D eigenvalue weighted by molar-refractivity contribution is 7.91.